The molecule has 0 atom stereocenters. The third-order valence-corrected chi connectivity index (χ3v) is 3.27. The van der Waals surface area contributed by atoms with Crippen LogP contribution < -0.4 is 0 Å². The molecule has 0 spiro atoms. The topological polar surface area (TPSA) is 20.2 Å². The van der Waals surface area contributed by atoms with E-state index in [1.807, 2.05) is 46.9 Å². The van der Waals surface area contributed by atoms with Gasteiger partial charge in [-0.3, -0.25) is 0 Å². The predicted octanol–water partition coefficient (Wildman–Crippen LogP) is 3.75. The Bertz CT molecular complexity index is 511. The van der Waals surface area contributed by atoms with Crippen molar-refractivity contribution in [1.82, 2.24) is 0 Å². The van der Waals surface area contributed by atoms with Crippen LogP contribution in [-0.2, 0) is 0 Å². The van der Waals surface area contributed by atoms with Crippen molar-refractivity contribution in [3.05, 3.63) is 37.4 Å². The fraction of sp³-hybridized carbons (Fsp3) is 0. The molecule has 0 unspecified atom stereocenters. The standard InChI is InChI=1S/C10H6I2O/c11-8-2-1-6-5-10(13)9(12)4-7(6)3-8/h1-5,13H/i5D. The number of rotatable bonds is 0. The third-order valence-electron chi connectivity index (χ3n) is 1.78. The molecule has 0 aromatic heterocycles. The van der Waals surface area contributed by atoms with E-state index in [4.69, 9.17) is 1.37 Å². The first-order valence-corrected chi connectivity index (χ1v) is 5.82. The first kappa shape index (κ1) is 8.28. The van der Waals surface area contributed by atoms with Crippen molar-refractivity contribution >= 4 is 56.0 Å². The van der Waals surface area contributed by atoms with Crippen LogP contribution in [0.3, 0.4) is 0 Å². The lowest BCUT2D eigenvalue weighted by Crippen LogP contribution is -1.78. The molecule has 0 heterocycles. The Morgan fingerprint density at radius 2 is 1.92 bits per heavy atom. The Morgan fingerprint density at radius 1 is 1.15 bits per heavy atom. The van der Waals surface area contributed by atoms with Gasteiger partial charge < -0.3 is 5.11 Å². The van der Waals surface area contributed by atoms with Crippen LogP contribution in [0, 0.1) is 7.14 Å². The quantitative estimate of drug-likeness (QED) is 0.672. The van der Waals surface area contributed by atoms with Gasteiger partial charge in [-0.2, -0.15) is 0 Å². The van der Waals surface area contributed by atoms with Gasteiger partial charge in [-0.05, 0) is 80.2 Å². The second-order valence-corrected chi connectivity index (χ2v) is 5.11. The zero-order valence-electron chi connectivity index (χ0n) is 7.51. The lowest BCUT2D eigenvalue weighted by molar-refractivity contribution is 0.472. The van der Waals surface area contributed by atoms with E-state index in [0.717, 1.165) is 17.9 Å². The van der Waals surface area contributed by atoms with Crippen LogP contribution in [0.4, 0.5) is 0 Å². The molecule has 2 rings (SSSR count). The maximum atomic E-state index is 9.58. The molecule has 1 nitrogen and oxygen atoms in total. The van der Waals surface area contributed by atoms with E-state index in [1.54, 1.807) is 0 Å². The number of fused-ring (bicyclic) bond motifs is 1. The summed E-state index contributed by atoms with van der Waals surface area (Å²) in [6.45, 7) is 0. The van der Waals surface area contributed by atoms with Gasteiger partial charge in [0, 0.05) is 3.57 Å². The van der Waals surface area contributed by atoms with Crippen LogP contribution in [-0.4, -0.2) is 5.11 Å². The van der Waals surface area contributed by atoms with Crippen LogP contribution in [0.2, 0.25) is 0 Å². The molecule has 0 aliphatic carbocycles. The summed E-state index contributed by atoms with van der Waals surface area (Å²) >= 11 is 4.27. The van der Waals surface area contributed by atoms with E-state index in [1.165, 1.54) is 0 Å². The Labute approximate surface area is 105 Å². The lowest BCUT2D eigenvalue weighted by Gasteiger charge is -2.01. The summed E-state index contributed by atoms with van der Waals surface area (Å²) in [6.07, 6.45) is 0. The highest BCUT2D eigenvalue weighted by Gasteiger charge is 2.00. The Kier molecular flexibility index (Phi) is 2.30. The zero-order valence-corrected chi connectivity index (χ0v) is 10.8. The van der Waals surface area contributed by atoms with E-state index < -0.39 is 0 Å². The normalized spacial score (nSPS) is 11.7. The van der Waals surface area contributed by atoms with Gasteiger partial charge in [0.05, 0.1) is 4.94 Å². The maximum absolute atomic E-state index is 9.58. The van der Waals surface area contributed by atoms with Crippen molar-refractivity contribution in [2.24, 2.45) is 0 Å². The van der Waals surface area contributed by atoms with Gasteiger partial charge in [0.2, 0.25) is 0 Å². The number of hydrogen-bond donors (Lipinski definition) is 1. The molecule has 0 radical (unpaired) electrons. The van der Waals surface area contributed by atoms with E-state index in [2.05, 4.69) is 22.6 Å². The molecule has 0 amide bonds. The third kappa shape index (κ3) is 1.90. The molecule has 0 bridgehead atoms. The number of aromatic hydroxyl groups is 1. The van der Waals surface area contributed by atoms with Crippen molar-refractivity contribution in [2.75, 3.05) is 0 Å². The fourth-order valence-corrected chi connectivity index (χ4v) is 2.14. The minimum Gasteiger partial charge on any atom is -0.507 e. The van der Waals surface area contributed by atoms with E-state index >= 15 is 0 Å². The van der Waals surface area contributed by atoms with Crippen molar-refractivity contribution in [3.63, 3.8) is 0 Å². The van der Waals surface area contributed by atoms with E-state index in [-0.39, 0.29) is 11.8 Å². The number of benzene rings is 2. The number of hydrogen-bond acceptors (Lipinski definition) is 1. The van der Waals surface area contributed by atoms with E-state index in [0.29, 0.717) is 0 Å². The first-order chi connectivity index (χ1) is 6.59. The summed E-state index contributed by atoms with van der Waals surface area (Å²) in [5.74, 6) is 0.0688. The molecule has 3 heteroatoms. The molecule has 0 aliphatic rings. The Hall–Kier alpha value is -0.0400. The van der Waals surface area contributed by atoms with Gasteiger partial charge in [-0.25, -0.2) is 0 Å². The molecular weight excluding hydrogens is 390 g/mol. The smallest absolute Gasteiger partial charge is 0.129 e. The fourth-order valence-electron chi connectivity index (χ4n) is 1.16. The Balaban J connectivity index is 2.91. The molecule has 66 valence electrons. The predicted molar refractivity (Wildman–Crippen MR) is 71.0 cm³/mol. The lowest BCUT2D eigenvalue weighted by atomic mass is 10.1. The minimum absolute atomic E-state index is 0.0688. The highest BCUT2D eigenvalue weighted by molar-refractivity contribution is 14.1. The first-order valence-electron chi connectivity index (χ1n) is 4.17. The van der Waals surface area contributed by atoms with Gasteiger partial charge >= 0.3 is 0 Å². The highest BCUT2D eigenvalue weighted by atomic mass is 127. The summed E-state index contributed by atoms with van der Waals surface area (Å²) in [5.41, 5.74) is 0. The molecule has 2 aromatic rings. The van der Waals surface area contributed by atoms with Crippen molar-refractivity contribution in [1.29, 1.82) is 0 Å². The van der Waals surface area contributed by atoms with Gasteiger partial charge in [0.15, 0.2) is 0 Å². The SMILES string of the molecule is [2H]c1c(O)c(I)cc2cc(I)ccc12. The second kappa shape index (κ2) is 3.61. The molecule has 13 heavy (non-hydrogen) atoms. The highest BCUT2D eigenvalue weighted by Crippen LogP contribution is 2.27. The van der Waals surface area contributed by atoms with Crippen molar-refractivity contribution < 1.29 is 6.48 Å². The molecular formula is C10H6I2O. The number of phenolic OH excluding ortho intramolecular Hbond substituents is 1. The average Bonchev–Trinajstić information content (AvgIpc) is 2.14. The van der Waals surface area contributed by atoms with Crippen LogP contribution >= 0.6 is 45.2 Å². The molecule has 1 N–H and O–H groups in total. The molecule has 0 aliphatic heterocycles. The van der Waals surface area contributed by atoms with E-state index in [9.17, 15) is 5.11 Å². The van der Waals surface area contributed by atoms with Crippen LogP contribution in [0.1, 0.15) is 1.37 Å². The molecule has 0 fully saturated rings. The second-order valence-electron chi connectivity index (χ2n) is 2.70. The summed E-state index contributed by atoms with van der Waals surface area (Å²) in [6, 6.07) is 7.92. The zero-order chi connectivity index (χ0) is 10.3. The van der Waals surface area contributed by atoms with Crippen LogP contribution in [0.25, 0.3) is 10.8 Å². The summed E-state index contributed by atoms with van der Waals surface area (Å²) in [4.78, 5) is 0. The van der Waals surface area contributed by atoms with Crippen LogP contribution in [0.5, 0.6) is 5.75 Å². The Morgan fingerprint density at radius 3 is 2.69 bits per heavy atom. The van der Waals surface area contributed by atoms with Crippen LogP contribution in [0.15, 0.2) is 30.3 Å². The monoisotopic (exact) mass is 397 g/mol. The number of phenols is 1. The van der Waals surface area contributed by atoms with Gasteiger partial charge in [-0.15, -0.1) is 0 Å². The molecule has 0 saturated carbocycles. The van der Waals surface area contributed by atoms with Gasteiger partial charge in [0.1, 0.15) is 5.75 Å². The summed E-state index contributed by atoms with van der Waals surface area (Å²) in [7, 11) is 0. The minimum atomic E-state index is 0.0688. The summed E-state index contributed by atoms with van der Waals surface area (Å²) < 4.78 is 9.60. The van der Waals surface area contributed by atoms with Crippen molar-refractivity contribution in [2.45, 2.75) is 0 Å². The number of halogens is 2. The summed E-state index contributed by atoms with van der Waals surface area (Å²) in [5, 5.41) is 11.4. The molecule has 2 aromatic carbocycles. The van der Waals surface area contributed by atoms with Gasteiger partial charge in [-0.1, -0.05) is 6.07 Å². The van der Waals surface area contributed by atoms with Gasteiger partial charge in [0.25, 0.3) is 0 Å². The van der Waals surface area contributed by atoms with Crippen molar-refractivity contribution in [3.8, 4) is 5.75 Å². The largest absolute Gasteiger partial charge is 0.507 e. The molecule has 0 saturated heterocycles. The average molecular weight is 397 g/mol. The maximum Gasteiger partial charge on any atom is 0.129 e.